The third kappa shape index (κ3) is 3.57. The van der Waals surface area contributed by atoms with Crippen LogP contribution in [0.5, 0.6) is 0 Å². The molecule has 2 fully saturated rings. The summed E-state index contributed by atoms with van der Waals surface area (Å²) in [5, 5.41) is 2.95. The summed E-state index contributed by atoms with van der Waals surface area (Å²) in [4.78, 5) is 18.9. The highest BCUT2D eigenvalue weighted by molar-refractivity contribution is 7.89. The Labute approximate surface area is 154 Å². The number of fused-ring (bicyclic) bond motifs is 1. The first-order chi connectivity index (χ1) is 12.5. The molecule has 2 amide bonds. The van der Waals surface area contributed by atoms with Gasteiger partial charge in [-0.05, 0) is 56.6 Å². The van der Waals surface area contributed by atoms with E-state index in [-0.39, 0.29) is 17.8 Å². The van der Waals surface area contributed by atoms with Crippen molar-refractivity contribution in [1.29, 1.82) is 0 Å². The van der Waals surface area contributed by atoms with Crippen molar-refractivity contribution in [2.24, 2.45) is 0 Å². The number of hydrogen-bond acceptors (Lipinski definition) is 4. The van der Waals surface area contributed by atoms with E-state index in [1.807, 2.05) is 6.07 Å². The maximum absolute atomic E-state index is 12.7. The summed E-state index contributed by atoms with van der Waals surface area (Å²) in [6.07, 6.45) is 8.45. The molecule has 142 valence electrons. The first-order valence-electron chi connectivity index (χ1n) is 9.56. The third-order valence-corrected chi connectivity index (χ3v) is 7.65. The Bertz CT molecular complexity index is 796. The van der Waals surface area contributed by atoms with Gasteiger partial charge in [-0.15, -0.1) is 0 Å². The van der Waals surface area contributed by atoms with Crippen molar-refractivity contribution in [3.8, 4) is 0 Å². The molecule has 2 aliphatic heterocycles. The smallest absolute Gasteiger partial charge is 0.321 e. The van der Waals surface area contributed by atoms with Crippen LogP contribution in [-0.2, 0) is 22.9 Å². The van der Waals surface area contributed by atoms with Gasteiger partial charge >= 0.3 is 6.03 Å². The number of rotatable bonds is 2. The fourth-order valence-corrected chi connectivity index (χ4v) is 6.06. The van der Waals surface area contributed by atoms with Gasteiger partial charge in [0.05, 0.1) is 17.6 Å². The number of urea groups is 1. The second-order valence-electron chi connectivity index (χ2n) is 7.49. The Morgan fingerprint density at radius 1 is 1.15 bits per heavy atom. The van der Waals surface area contributed by atoms with E-state index in [0.29, 0.717) is 26.1 Å². The Kier molecular flexibility index (Phi) is 4.88. The zero-order valence-corrected chi connectivity index (χ0v) is 15.8. The highest BCUT2D eigenvalue weighted by Gasteiger charge is 2.37. The van der Waals surface area contributed by atoms with Crippen LogP contribution in [0.4, 0.5) is 10.5 Å². The molecule has 0 radical (unpaired) electrons. The largest absolute Gasteiger partial charge is 0.323 e. The molecule has 3 heterocycles. The molecular formula is C18H26N4O3S. The van der Waals surface area contributed by atoms with Gasteiger partial charge in [0.2, 0.25) is 10.0 Å². The molecule has 0 aromatic carbocycles. The van der Waals surface area contributed by atoms with Crippen molar-refractivity contribution >= 4 is 21.7 Å². The van der Waals surface area contributed by atoms with Crippen LogP contribution >= 0.6 is 0 Å². The maximum atomic E-state index is 12.7. The molecule has 8 heteroatoms. The van der Waals surface area contributed by atoms with E-state index in [1.54, 1.807) is 15.4 Å². The number of nitrogens with one attached hydrogen (secondary N) is 1. The van der Waals surface area contributed by atoms with Gasteiger partial charge in [0, 0.05) is 31.4 Å². The quantitative estimate of drug-likeness (QED) is 0.853. The molecule has 4 rings (SSSR count). The topological polar surface area (TPSA) is 82.6 Å². The minimum absolute atomic E-state index is 0.0938. The van der Waals surface area contributed by atoms with E-state index in [4.69, 9.17) is 0 Å². The lowest BCUT2D eigenvalue weighted by molar-refractivity contribution is 0.163. The number of piperidine rings is 1. The summed E-state index contributed by atoms with van der Waals surface area (Å²) in [5.74, 6) is 0.233. The van der Waals surface area contributed by atoms with Crippen LogP contribution in [0.1, 0.15) is 43.4 Å². The summed E-state index contributed by atoms with van der Waals surface area (Å²) in [6.45, 7) is 1.70. The van der Waals surface area contributed by atoms with Crippen molar-refractivity contribution in [1.82, 2.24) is 14.2 Å². The summed E-state index contributed by atoms with van der Waals surface area (Å²) in [5.41, 5.74) is 3.10. The van der Waals surface area contributed by atoms with E-state index in [1.165, 1.54) is 18.4 Å². The van der Waals surface area contributed by atoms with Gasteiger partial charge < -0.3 is 10.2 Å². The van der Waals surface area contributed by atoms with Crippen molar-refractivity contribution in [3.05, 3.63) is 23.5 Å². The molecule has 7 nitrogen and oxygen atoms in total. The molecule has 26 heavy (non-hydrogen) atoms. The van der Waals surface area contributed by atoms with Gasteiger partial charge in [0.1, 0.15) is 0 Å². The predicted octanol–water partition coefficient (Wildman–Crippen LogP) is 1.99. The molecule has 0 saturated carbocycles. The number of aryl methyl sites for hydroxylation is 2. The second kappa shape index (κ2) is 7.15. The predicted molar refractivity (Wildman–Crippen MR) is 99.6 cm³/mol. The zero-order valence-electron chi connectivity index (χ0n) is 15.0. The van der Waals surface area contributed by atoms with E-state index < -0.39 is 10.0 Å². The van der Waals surface area contributed by atoms with E-state index >= 15 is 0 Å². The van der Waals surface area contributed by atoms with Crippen molar-refractivity contribution < 1.29 is 13.2 Å². The molecule has 0 spiro atoms. The molecule has 2 saturated heterocycles. The molecular weight excluding hydrogens is 352 g/mol. The van der Waals surface area contributed by atoms with Crippen LogP contribution in [0.3, 0.4) is 0 Å². The Morgan fingerprint density at radius 3 is 2.81 bits per heavy atom. The van der Waals surface area contributed by atoms with Crippen LogP contribution in [0.25, 0.3) is 0 Å². The van der Waals surface area contributed by atoms with Crippen LogP contribution in [0, 0.1) is 0 Å². The number of aromatic nitrogens is 1. The number of pyridine rings is 1. The number of nitrogens with zero attached hydrogens (tertiary/aromatic N) is 3. The van der Waals surface area contributed by atoms with Crippen molar-refractivity contribution in [2.45, 2.75) is 51.0 Å². The second-order valence-corrected chi connectivity index (χ2v) is 9.53. The monoisotopic (exact) mass is 378 g/mol. The van der Waals surface area contributed by atoms with E-state index in [2.05, 4.69) is 10.3 Å². The van der Waals surface area contributed by atoms with Gasteiger partial charge in [-0.3, -0.25) is 4.98 Å². The lowest BCUT2D eigenvalue weighted by atomic mass is 9.96. The van der Waals surface area contributed by atoms with Crippen LogP contribution < -0.4 is 5.32 Å². The third-order valence-electron chi connectivity index (χ3n) is 5.65. The Hall–Kier alpha value is -1.67. The lowest BCUT2D eigenvalue weighted by Gasteiger charge is -2.36. The van der Waals surface area contributed by atoms with Gasteiger partial charge in [-0.2, -0.15) is 4.31 Å². The average molecular weight is 378 g/mol. The molecule has 0 bridgehead atoms. The van der Waals surface area contributed by atoms with Crippen LogP contribution in [0.2, 0.25) is 0 Å². The zero-order chi connectivity index (χ0) is 18.1. The first kappa shape index (κ1) is 17.7. The molecule has 3 aliphatic rings. The SMILES string of the molecule is O=C(Nc1cnc2c(c1)CCCC2)N1CCC[C@H](N2CCCS2(=O)=O)C1. The minimum Gasteiger partial charge on any atom is -0.323 e. The summed E-state index contributed by atoms with van der Waals surface area (Å²) in [7, 11) is -3.14. The minimum atomic E-state index is -3.14. The molecule has 1 aromatic heterocycles. The van der Waals surface area contributed by atoms with Gasteiger partial charge in [-0.25, -0.2) is 13.2 Å². The van der Waals surface area contributed by atoms with Gasteiger partial charge in [0.15, 0.2) is 0 Å². The highest BCUT2D eigenvalue weighted by Crippen LogP contribution is 2.25. The number of carbonyl (C=O) groups is 1. The lowest BCUT2D eigenvalue weighted by Crippen LogP contribution is -2.51. The molecule has 1 N–H and O–H groups in total. The number of sulfonamides is 1. The maximum Gasteiger partial charge on any atom is 0.321 e. The fourth-order valence-electron chi connectivity index (χ4n) is 4.30. The number of hydrogen-bond donors (Lipinski definition) is 1. The number of likely N-dealkylation sites (tertiary alicyclic amines) is 1. The van der Waals surface area contributed by atoms with Crippen molar-refractivity contribution in [2.75, 3.05) is 30.7 Å². The molecule has 1 aliphatic carbocycles. The van der Waals surface area contributed by atoms with Gasteiger partial charge in [-0.1, -0.05) is 0 Å². The average Bonchev–Trinajstić information content (AvgIpc) is 3.01. The van der Waals surface area contributed by atoms with Crippen LogP contribution in [-0.4, -0.2) is 60.1 Å². The first-order valence-corrected chi connectivity index (χ1v) is 11.2. The number of amides is 2. The Morgan fingerprint density at radius 2 is 2.00 bits per heavy atom. The van der Waals surface area contributed by atoms with Crippen LogP contribution in [0.15, 0.2) is 12.3 Å². The number of anilines is 1. The molecule has 1 aromatic rings. The fraction of sp³-hybridized carbons (Fsp3) is 0.667. The summed E-state index contributed by atoms with van der Waals surface area (Å²) in [6, 6.07) is 1.78. The summed E-state index contributed by atoms with van der Waals surface area (Å²) < 4.78 is 25.9. The van der Waals surface area contributed by atoms with E-state index in [0.717, 1.165) is 37.1 Å². The van der Waals surface area contributed by atoms with Gasteiger partial charge in [0.25, 0.3) is 0 Å². The molecule has 0 unspecified atom stereocenters. The summed E-state index contributed by atoms with van der Waals surface area (Å²) >= 11 is 0. The highest BCUT2D eigenvalue weighted by atomic mass is 32.2. The standard InChI is InChI=1S/C18H26N4O3S/c23-18(20-15-11-14-5-1-2-7-17(14)19-12-15)21-8-3-6-16(13-21)22-9-4-10-26(22,24)25/h11-12,16H,1-10,13H2,(H,20,23)/t16-/m0/s1. The Balaban J connectivity index is 1.41. The van der Waals surface area contributed by atoms with E-state index in [9.17, 15) is 13.2 Å². The van der Waals surface area contributed by atoms with Crippen molar-refractivity contribution in [3.63, 3.8) is 0 Å². The number of carbonyl (C=O) groups excluding carboxylic acids is 1. The normalized spacial score (nSPS) is 25.7. The molecule has 1 atom stereocenters.